The second-order valence-electron chi connectivity index (χ2n) is 5.13. The number of methoxy groups -OCH3 is 1. The van der Waals surface area contributed by atoms with E-state index in [1.165, 1.54) is 6.42 Å². The highest BCUT2D eigenvalue weighted by molar-refractivity contribution is 7.89. The van der Waals surface area contributed by atoms with E-state index in [0.717, 1.165) is 12.8 Å². The van der Waals surface area contributed by atoms with Crippen LogP contribution < -0.4 is 5.32 Å². The van der Waals surface area contributed by atoms with Gasteiger partial charge in [-0.15, -0.1) is 0 Å². The molecule has 0 aromatic carbocycles. The molecule has 0 aromatic rings. The number of hydrogen-bond donors (Lipinski definition) is 1. The molecule has 5 nitrogen and oxygen atoms in total. The van der Waals surface area contributed by atoms with Crippen molar-refractivity contribution in [3.63, 3.8) is 0 Å². The fourth-order valence-corrected chi connectivity index (χ4v) is 4.42. The van der Waals surface area contributed by atoms with E-state index in [9.17, 15) is 8.42 Å². The number of nitrogens with one attached hydrogen (secondary N) is 1. The fourth-order valence-electron chi connectivity index (χ4n) is 2.66. The first-order valence-corrected chi connectivity index (χ1v) is 7.89. The van der Waals surface area contributed by atoms with Gasteiger partial charge in [0.2, 0.25) is 10.0 Å². The average Bonchev–Trinajstić information content (AvgIpc) is 2.27. The maximum Gasteiger partial charge on any atom is 0.216 e. The molecule has 3 atom stereocenters. The molecule has 0 spiro atoms. The van der Waals surface area contributed by atoms with Gasteiger partial charge in [-0.05, 0) is 19.8 Å². The quantitative estimate of drug-likeness (QED) is 0.785. The molecule has 17 heavy (non-hydrogen) atoms. The van der Waals surface area contributed by atoms with Gasteiger partial charge in [-0.3, -0.25) is 0 Å². The molecule has 2 aliphatic rings. The molecule has 0 aliphatic carbocycles. The number of fused-ring (bicyclic) bond motifs is 2. The summed E-state index contributed by atoms with van der Waals surface area (Å²) in [6.45, 7) is 3.03. The van der Waals surface area contributed by atoms with Gasteiger partial charge in [-0.2, -0.15) is 4.31 Å². The number of piperazine rings is 1. The number of sulfonamides is 1. The molecule has 0 amide bonds. The highest BCUT2D eigenvalue weighted by Crippen LogP contribution is 2.22. The first-order valence-electron chi connectivity index (χ1n) is 6.28. The predicted octanol–water partition coefficient (Wildman–Crippen LogP) is 0.177. The van der Waals surface area contributed by atoms with Crippen LogP contribution >= 0.6 is 0 Å². The van der Waals surface area contributed by atoms with E-state index >= 15 is 0 Å². The summed E-state index contributed by atoms with van der Waals surface area (Å²) in [5.41, 5.74) is 0. The van der Waals surface area contributed by atoms with Crippen LogP contribution in [0.3, 0.4) is 0 Å². The Kier molecular flexibility index (Phi) is 4.07. The van der Waals surface area contributed by atoms with Crippen molar-refractivity contribution < 1.29 is 13.2 Å². The van der Waals surface area contributed by atoms with E-state index in [1.807, 2.05) is 0 Å². The molecule has 2 aliphatic heterocycles. The highest BCUT2D eigenvalue weighted by Gasteiger charge is 2.35. The minimum atomic E-state index is -3.17. The normalized spacial score (nSPS) is 32.4. The molecule has 2 rings (SSSR count). The van der Waals surface area contributed by atoms with Gasteiger partial charge in [0, 0.05) is 32.3 Å². The Balaban J connectivity index is 2.01. The molecule has 2 saturated heterocycles. The summed E-state index contributed by atoms with van der Waals surface area (Å²) < 4.78 is 31.1. The Labute approximate surface area is 104 Å². The summed E-state index contributed by atoms with van der Waals surface area (Å²) in [5.74, 6) is 0.0862. The first-order chi connectivity index (χ1) is 8.01. The third kappa shape index (κ3) is 3.19. The van der Waals surface area contributed by atoms with Crippen molar-refractivity contribution in [2.75, 3.05) is 26.0 Å². The third-order valence-electron chi connectivity index (χ3n) is 3.67. The van der Waals surface area contributed by atoms with Crippen molar-refractivity contribution in [2.45, 2.75) is 44.4 Å². The number of rotatable bonds is 4. The van der Waals surface area contributed by atoms with Crippen LogP contribution in [0.1, 0.15) is 26.2 Å². The van der Waals surface area contributed by atoms with Gasteiger partial charge in [0.1, 0.15) is 0 Å². The summed E-state index contributed by atoms with van der Waals surface area (Å²) in [4.78, 5) is 0. The largest absolute Gasteiger partial charge is 0.381 e. The van der Waals surface area contributed by atoms with Crippen LogP contribution in [0.4, 0.5) is 0 Å². The molecule has 0 aromatic heterocycles. The van der Waals surface area contributed by atoms with Crippen LogP contribution in [-0.4, -0.2) is 56.9 Å². The number of piperidine rings is 1. The van der Waals surface area contributed by atoms with Gasteiger partial charge in [-0.25, -0.2) is 8.42 Å². The summed E-state index contributed by atoms with van der Waals surface area (Å²) >= 11 is 0. The van der Waals surface area contributed by atoms with Crippen LogP contribution in [0.5, 0.6) is 0 Å². The molecular weight excluding hydrogens is 240 g/mol. The number of hydrogen-bond acceptors (Lipinski definition) is 4. The lowest BCUT2D eigenvalue weighted by Crippen LogP contribution is -2.60. The Morgan fingerprint density at radius 3 is 2.47 bits per heavy atom. The zero-order valence-corrected chi connectivity index (χ0v) is 11.4. The Hall–Kier alpha value is -0.170. The van der Waals surface area contributed by atoms with Crippen LogP contribution in [0.25, 0.3) is 0 Å². The van der Waals surface area contributed by atoms with Crippen molar-refractivity contribution in [1.29, 1.82) is 0 Å². The summed E-state index contributed by atoms with van der Waals surface area (Å²) in [7, 11) is -1.62. The van der Waals surface area contributed by atoms with Gasteiger partial charge in [0.25, 0.3) is 0 Å². The minimum absolute atomic E-state index is 0.0862. The lowest BCUT2D eigenvalue weighted by molar-refractivity contribution is 0.132. The molecule has 2 fully saturated rings. The molecule has 3 unspecified atom stereocenters. The van der Waals surface area contributed by atoms with Gasteiger partial charge >= 0.3 is 0 Å². The third-order valence-corrected chi connectivity index (χ3v) is 5.64. The van der Waals surface area contributed by atoms with Crippen molar-refractivity contribution in [1.82, 2.24) is 9.62 Å². The number of nitrogens with zero attached hydrogens (tertiary/aromatic N) is 1. The van der Waals surface area contributed by atoms with Crippen molar-refractivity contribution in [2.24, 2.45) is 0 Å². The van der Waals surface area contributed by atoms with E-state index in [2.05, 4.69) is 5.32 Å². The van der Waals surface area contributed by atoms with E-state index in [-0.39, 0.29) is 11.9 Å². The molecule has 0 radical (unpaired) electrons. The van der Waals surface area contributed by atoms with Crippen LogP contribution in [0.2, 0.25) is 0 Å². The SMILES string of the molecule is COC(C)CS(=O)(=O)N1CC2CCCC(C1)N2. The van der Waals surface area contributed by atoms with E-state index < -0.39 is 10.0 Å². The van der Waals surface area contributed by atoms with Gasteiger partial charge in [0.15, 0.2) is 0 Å². The van der Waals surface area contributed by atoms with Crippen molar-refractivity contribution >= 4 is 10.0 Å². The second kappa shape index (κ2) is 5.22. The van der Waals surface area contributed by atoms with Crippen molar-refractivity contribution in [3.8, 4) is 0 Å². The maximum atomic E-state index is 12.2. The van der Waals surface area contributed by atoms with Crippen molar-refractivity contribution in [3.05, 3.63) is 0 Å². The molecule has 2 bridgehead atoms. The Bertz CT molecular complexity index is 346. The zero-order valence-electron chi connectivity index (χ0n) is 10.6. The summed E-state index contributed by atoms with van der Waals surface area (Å²) in [5, 5.41) is 3.48. The maximum absolute atomic E-state index is 12.2. The van der Waals surface area contributed by atoms with Gasteiger partial charge in [-0.1, -0.05) is 6.42 Å². The zero-order chi connectivity index (χ0) is 12.5. The fraction of sp³-hybridized carbons (Fsp3) is 1.00. The van der Waals surface area contributed by atoms with E-state index in [4.69, 9.17) is 4.74 Å². The molecule has 0 saturated carbocycles. The van der Waals surface area contributed by atoms with Crippen LogP contribution in [0.15, 0.2) is 0 Å². The summed E-state index contributed by atoms with van der Waals surface area (Å²) in [6.07, 6.45) is 3.14. The molecule has 6 heteroatoms. The average molecular weight is 262 g/mol. The predicted molar refractivity (Wildman–Crippen MR) is 66.4 cm³/mol. The second-order valence-corrected chi connectivity index (χ2v) is 7.15. The lowest BCUT2D eigenvalue weighted by atomic mass is 9.96. The monoisotopic (exact) mass is 262 g/mol. The first kappa shape index (κ1) is 13.3. The van der Waals surface area contributed by atoms with Crippen LogP contribution in [-0.2, 0) is 14.8 Å². The van der Waals surface area contributed by atoms with E-state index in [0.29, 0.717) is 25.2 Å². The molecule has 100 valence electrons. The van der Waals surface area contributed by atoms with Gasteiger partial charge in [0.05, 0.1) is 11.9 Å². The Morgan fingerprint density at radius 1 is 1.35 bits per heavy atom. The Morgan fingerprint density at radius 2 is 1.94 bits per heavy atom. The smallest absolute Gasteiger partial charge is 0.216 e. The minimum Gasteiger partial charge on any atom is -0.381 e. The standard InChI is InChI=1S/C11H22N2O3S/c1-9(16-2)8-17(14,15)13-6-10-4-3-5-11(7-13)12-10/h9-12H,3-8H2,1-2H3. The number of ether oxygens (including phenoxy) is 1. The van der Waals surface area contributed by atoms with Crippen LogP contribution in [0, 0.1) is 0 Å². The topological polar surface area (TPSA) is 58.6 Å². The van der Waals surface area contributed by atoms with Gasteiger partial charge < -0.3 is 10.1 Å². The molecule has 2 heterocycles. The molecular formula is C11H22N2O3S. The highest BCUT2D eigenvalue weighted by atomic mass is 32.2. The molecule has 1 N–H and O–H groups in total. The summed E-state index contributed by atoms with van der Waals surface area (Å²) in [6, 6.07) is 0.685. The lowest BCUT2D eigenvalue weighted by Gasteiger charge is -2.41. The van der Waals surface area contributed by atoms with E-state index in [1.54, 1.807) is 18.3 Å².